The summed E-state index contributed by atoms with van der Waals surface area (Å²) in [4.78, 5) is 17.5. The zero-order chi connectivity index (χ0) is 13.3. The minimum atomic E-state index is 0.0412. The van der Waals surface area contributed by atoms with E-state index in [1.54, 1.807) is 4.90 Å². The van der Waals surface area contributed by atoms with E-state index in [1.165, 1.54) is 0 Å². The summed E-state index contributed by atoms with van der Waals surface area (Å²) in [6, 6.07) is 7.83. The van der Waals surface area contributed by atoms with Gasteiger partial charge in [0.2, 0.25) is 0 Å². The second-order valence-electron chi connectivity index (χ2n) is 4.44. The molecule has 96 valence electrons. The van der Waals surface area contributed by atoms with Crippen LogP contribution in [0, 0.1) is 0 Å². The third-order valence-electron chi connectivity index (χ3n) is 3.04. The Hall–Kier alpha value is -1.62. The van der Waals surface area contributed by atoms with Crippen molar-refractivity contribution < 1.29 is 4.79 Å². The predicted octanol–water partition coefficient (Wildman–Crippen LogP) is 1.71. The number of anilines is 2. The van der Waals surface area contributed by atoms with Crippen LogP contribution in [0.1, 0.15) is 6.92 Å². The molecule has 0 bridgehead atoms. The van der Waals surface area contributed by atoms with E-state index in [0.29, 0.717) is 11.7 Å². The Bertz CT molecular complexity index is 470. The van der Waals surface area contributed by atoms with Crippen LogP contribution in [0.15, 0.2) is 24.3 Å². The van der Waals surface area contributed by atoms with Gasteiger partial charge in [-0.1, -0.05) is 0 Å². The average Bonchev–Trinajstić information content (AvgIpc) is 2.64. The van der Waals surface area contributed by atoms with Crippen LogP contribution in [-0.4, -0.2) is 43.1 Å². The maximum absolute atomic E-state index is 12.0. The number of hydrogen-bond donors (Lipinski definition) is 0. The monoisotopic (exact) mass is 263 g/mol. The Labute approximate surface area is 113 Å². The van der Waals surface area contributed by atoms with Gasteiger partial charge in [0.25, 0.3) is 5.91 Å². The van der Waals surface area contributed by atoms with Crippen molar-refractivity contribution in [1.29, 1.82) is 0 Å². The number of carbonyl (C=O) groups excluding carboxylic acids is 1. The quantitative estimate of drug-likeness (QED) is 0.776. The summed E-state index contributed by atoms with van der Waals surface area (Å²) in [5, 5.41) is 0.597. The lowest BCUT2D eigenvalue weighted by molar-refractivity contribution is -0.116. The highest BCUT2D eigenvalue weighted by Gasteiger charge is 2.32. The molecule has 0 unspecified atom stereocenters. The van der Waals surface area contributed by atoms with Crippen molar-refractivity contribution >= 4 is 34.6 Å². The molecule has 0 radical (unpaired) electrons. The maximum Gasteiger partial charge on any atom is 0.252 e. The Balaban J connectivity index is 2.26. The minimum absolute atomic E-state index is 0.0412. The van der Waals surface area contributed by atoms with Crippen LogP contribution in [-0.2, 0) is 4.79 Å². The molecule has 0 atom stereocenters. The molecule has 5 heteroatoms. The van der Waals surface area contributed by atoms with E-state index in [-0.39, 0.29) is 5.91 Å². The molecule has 1 heterocycles. The van der Waals surface area contributed by atoms with Gasteiger partial charge in [0.15, 0.2) is 5.11 Å². The Kier molecular flexibility index (Phi) is 3.52. The molecule has 1 aromatic rings. The molecule has 2 rings (SSSR count). The molecule has 0 N–H and O–H groups in total. The van der Waals surface area contributed by atoms with Gasteiger partial charge in [0.05, 0.1) is 12.2 Å². The van der Waals surface area contributed by atoms with Gasteiger partial charge >= 0.3 is 0 Å². The van der Waals surface area contributed by atoms with Gasteiger partial charge in [0, 0.05) is 26.3 Å². The lowest BCUT2D eigenvalue weighted by Gasteiger charge is -2.20. The normalized spacial score (nSPS) is 15.5. The highest BCUT2D eigenvalue weighted by atomic mass is 32.1. The molecule has 1 amide bonds. The fourth-order valence-electron chi connectivity index (χ4n) is 1.95. The Morgan fingerprint density at radius 3 is 2.33 bits per heavy atom. The van der Waals surface area contributed by atoms with Crippen LogP contribution < -0.4 is 9.80 Å². The number of carbonyl (C=O) groups is 1. The van der Waals surface area contributed by atoms with E-state index in [2.05, 4.69) is 0 Å². The number of amides is 1. The molecule has 0 aromatic heterocycles. The maximum atomic E-state index is 12.0. The first kappa shape index (κ1) is 12.8. The first-order valence-electron chi connectivity index (χ1n) is 5.94. The van der Waals surface area contributed by atoms with Gasteiger partial charge in [0.1, 0.15) is 0 Å². The zero-order valence-electron chi connectivity index (χ0n) is 10.9. The van der Waals surface area contributed by atoms with Crippen LogP contribution in [0.3, 0.4) is 0 Å². The van der Waals surface area contributed by atoms with Crippen molar-refractivity contribution in [2.45, 2.75) is 6.92 Å². The van der Waals surface area contributed by atoms with Crippen LogP contribution in [0.25, 0.3) is 0 Å². The van der Waals surface area contributed by atoms with Crippen LogP contribution in [0.5, 0.6) is 0 Å². The summed E-state index contributed by atoms with van der Waals surface area (Å²) >= 11 is 5.33. The summed E-state index contributed by atoms with van der Waals surface area (Å²) in [7, 11) is 3.97. The second kappa shape index (κ2) is 4.94. The summed E-state index contributed by atoms with van der Waals surface area (Å²) in [5.41, 5.74) is 1.94. The largest absolute Gasteiger partial charge is 0.378 e. The first-order chi connectivity index (χ1) is 8.54. The van der Waals surface area contributed by atoms with Crippen LogP contribution >= 0.6 is 12.2 Å². The molecule has 4 nitrogen and oxygen atoms in total. The molecule has 0 aliphatic carbocycles. The van der Waals surface area contributed by atoms with Crippen molar-refractivity contribution in [2.75, 3.05) is 37.0 Å². The zero-order valence-corrected chi connectivity index (χ0v) is 11.7. The van der Waals surface area contributed by atoms with E-state index in [4.69, 9.17) is 12.2 Å². The van der Waals surface area contributed by atoms with Crippen molar-refractivity contribution in [3.63, 3.8) is 0 Å². The Morgan fingerprint density at radius 2 is 1.89 bits per heavy atom. The van der Waals surface area contributed by atoms with E-state index in [9.17, 15) is 4.79 Å². The number of hydrogen-bond acceptors (Lipinski definition) is 3. The average molecular weight is 263 g/mol. The summed E-state index contributed by atoms with van der Waals surface area (Å²) < 4.78 is 0. The van der Waals surface area contributed by atoms with Crippen molar-refractivity contribution in [3.8, 4) is 0 Å². The predicted molar refractivity (Wildman–Crippen MR) is 78.1 cm³/mol. The molecular weight excluding hydrogens is 246 g/mol. The highest BCUT2D eigenvalue weighted by Crippen LogP contribution is 2.24. The molecular formula is C13H17N3OS. The van der Waals surface area contributed by atoms with Gasteiger partial charge in [-0.15, -0.1) is 0 Å². The summed E-state index contributed by atoms with van der Waals surface area (Å²) in [6.07, 6.45) is 0. The van der Waals surface area contributed by atoms with Crippen molar-refractivity contribution in [3.05, 3.63) is 24.3 Å². The van der Waals surface area contributed by atoms with Crippen molar-refractivity contribution in [1.82, 2.24) is 4.90 Å². The molecule has 0 saturated carbocycles. The van der Waals surface area contributed by atoms with Gasteiger partial charge in [-0.3, -0.25) is 9.69 Å². The molecule has 1 fully saturated rings. The molecule has 1 saturated heterocycles. The Morgan fingerprint density at radius 1 is 1.28 bits per heavy atom. The van der Waals surface area contributed by atoms with Gasteiger partial charge < -0.3 is 9.80 Å². The molecule has 1 aliphatic heterocycles. The number of nitrogens with zero attached hydrogens (tertiary/aromatic N) is 3. The molecule has 0 spiro atoms. The second-order valence-corrected chi connectivity index (χ2v) is 4.80. The lowest BCUT2D eigenvalue weighted by atomic mass is 10.2. The smallest absolute Gasteiger partial charge is 0.252 e. The fraction of sp³-hybridized carbons (Fsp3) is 0.385. The minimum Gasteiger partial charge on any atom is -0.378 e. The molecule has 1 aromatic carbocycles. The number of thiocarbonyl (C=S) groups is 1. The van der Waals surface area contributed by atoms with Gasteiger partial charge in [-0.25, -0.2) is 0 Å². The van der Waals surface area contributed by atoms with Crippen LogP contribution in [0.4, 0.5) is 11.4 Å². The standard InChI is InChI=1S/C13H17N3OS/c1-4-15-9-12(17)16(13(15)18)11-7-5-10(6-8-11)14(2)3/h5-8H,4,9H2,1-3H3. The summed E-state index contributed by atoms with van der Waals surface area (Å²) in [6.45, 7) is 3.14. The highest BCUT2D eigenvalue weighted by molar-refractivity contribution is 7.80. The first-order valence-corrected chi connectivity index (χ1v) is 6.34. The van der Waals surface area contributed by atoms with E-state index < -0.39 is 0 Å². The molecule has 18 heavy (non-hydrogen) atoms. The number of rotatable bonds is 3. The third kappa shape index (κ3) is 2.18. The summed E-state index contributed by atoms with van der Waals surface area (Å²) in [5.74, 6) is 0.0412. The number of likely N-dealkylation sites (N-methyl/N-ethyl adjacent to an activating group) is 1. The SMILES string of the molecule is CCN1CC(=O)N(c2ccc(N(C)C)cc2)C1=S. The van der Waals surface area contributed by atoms with E-state index in [0.717, 1.165) is 17.9 Å². The molecule has 1 aliphatic rings. The van der Waals surface area contributed by atoms with Gasteiger partial charge in [-0.05, 0) is 43.4 Å². The van der Waals surface area contributed by atoms with E-state index >= 15 is 0 Å². The van der Waals surface area contributed by atoms with E-state index in [1.807, 2.05) is 55.1 Å². The van der Waals surface area contributed by atoms with Crippen molar-refractivity contribution in [2.24, 2.45) is 0 Å². The van der Waals surface area contributed by atoms with Gasteiger partial charge in [-0.2, -0.15) is 0 Å². The fourth-order valence-corrected chi connectivity index (χ4v) is 2.35. The number of benzene rings is 1. The topological polar surface area (TPSA) is 26.8 Å². The van der Waals surface area contributed by atoms with Crippen LogP contribution in [0.2, 0.25) is 0 Å². The third-order valence-corrected chi connectivity index (χ3v) is 3.48. The lowest BCUT2D eigenvalue weighted by Crippen LogP contribution is -2.32.